The third kappa shape index (κ3) is 2.41. The standard InChI is InChI=1S/C17H20.H3N/c1-13-11-15-9-5-6-10-16(15)12-17(13)14-7-3-2-4-8-14;/h5-6,9-12,14H,2-4,7-8H2,1H3;1H3. The third-order valence-corrected chi connectivity index (χ3v) is 4.18. The molecule has 1 saturated carbocycles. The predicted octanol–water partition coefficient (Wildman–Crippen LogP) is 5.36. The van der Waals surface area contributed by atoms with E-state index >= 15 is 0 Å². The average molecular weight is 241 g/mol. The molecule has 0 spiro atoms. The van der Waals surface area contributed by atoms with Crippen molar-refractivity contribution in [3.05, 3.63) is 47.5 Å². The quantitative estimate of drug-likeness (QED) is 0.716. The van der Waals surface area contributed by atoms with Gasteiger partial charge in [0.2, 0.25) is 0 Å². The van der Waals surface area contributed by atoms with Crippen LogP contribution in [0.15, 0.2) is 36.4 Å². The predicted molar refractivity (Wildman–Crippen MR) is 79.5 cm³/mol. The summed E-state index contributed by atoms with van der Waals surface area (Å²) in [6.07, 6.45) is 7.04. The molecule has 0 bridgehead atoms. The normalized spacial score (nSPS) is 16.5. The van der Waals surface area contributed by atoms with E-state index in [4.69, 9.17) is 0 Å². The number of benzene rings is 2. The van der Waals surface area contributed by atoms with Crippen LogP contribution in [-0.4, -0.2) is 0 Å². The molecule has 0 radical (unpaired) electrons. The Balaban J connectivity index is 0.00000120. The lowest BCUT2D eigenvalue weighted by Gasteiger charge is -2.24. The fourth-order valence-electron chi connectivity index (χ4n) is 3.23. The minimum absolute atomic E-state index is 0. The molecular weight excluding hydrogens is 218 g/mol. The van der Waals surface area contributed by atoms with Gasteiger partial charge in [0, 0.05) is 0 Å². The molecule has 3 N–H and O–H groups in total. The van der Waals surface area contributed by atoms with E-state index in [1.54, 1.807) is 5.56 Å². The summed E-state index contributed by atoms with van der Waals surface area (Å²) >= 11 is 0. The monoisotopic (exact) mass is 241 g/mol. The summed E-state index contributed by atoms with van der Waals surface area (Å²) in [7, 11) is 0. The zero-order valence-corrected chi connectivity index (χ0v) is 11.3. The fourth-order valence-corrected chi connectivity index (χ4v) is 3.23. The molecule has 1 aliphatic rings. The van der Waals surface area contributed by atoms with Crippen LogP contribution < -0.4 is 6.15 Å². The van der Waals surface area contributed by atoms with Gasteiger partial charge in [-0.3, -0.25) is 0 Å². The summed E-state index contributed by atoms with van der Waals surface area (Å²) in [5.41, 5.74) is 3.08. The lowest BCUT2D eigenvalue weighted by molar-refractivity contribution is 0.442. The molecule has 96 valence electrons. The van der Waals surface area contributed by atoms with Gasteiger partial charge in [-0.2, -0.15) is 0 Å². The van der Waals surface area contributed by atoms with Gasteiger partial charge in [0.05, 0.1) is 0 Å². The molecule has 1 fully saturated rings. The van der Waals surface area contributed by atoms with E-state index < -0.39 is 0 Å². The maximum absolute atomic E-state index is 2.43. The highest BCUT2D eigenvalue weighted by Gasteiger charge is 2.17. The van der Waals surface area contributed by atoms with Crippen LogP contribution in [0.2, 0.25) is 0 Å². The second-order valence-corrected chi connectivity index (χ2v) is 5.39. The SMILES string of the molecule is Cc1cc2ccccc2cc1C1CCCCC1.N. The van der Waals surface area contributed by atoms with Crippen LogP contribution in [0.3, 0.4) is 0 Å². The van der Waals surface area contributed by atoms with Crippen LogP contribution in [0.1, 0.15) is 49.1 Å². The van der Waals surface area contributed by atoms with Crippen molar-refractivity contribution in [3.8, 4) is 0 Å². The Hall–Kier alpha value is -1.34. The van der Waals surface area contributed by atoms with Gasteiger partial charge in [0.15, 0.2) is 0 Å². The van der Waals surface area contributed by atoms with Crippen LogP contribution in [0.25, 0.3) is 10.8 Å². The topological polar surface area (TPSA) is 35.0 Å². The first-order valence-electron chi connectivity index (χ1n) is 6.84. The minimum atomic E-state index is 0. The Kier molecular flexibility index (Phi) is 4.03. The van der Waals surface area contributed by atoms with Crippen molar-refractivity contribution in [1.82, 2.24) is 6.15 Å². The molecule has 2 aromatic rings. The van der Waals surface area contributed by atoms with Gasteiger partial charge in [-0.25, -0.2) is 0 Å². The van der Waals surface area contributed by atoms with E-state index in [1.807, 2.05) is 0 Å². The highest BCUT2D eigenvalue weighted by Crippen LogP contribution is 2.35. The van der Waals surface area contributed by atoms with E-state index in [2.05, 4.69) is 43.3 Å². The minimum Gasteiger partial charge on any atom is -0.344 e. The highest BCUT2D eigenvalue weighted by atomic mass is 14.2. The molecule has 3 rings (SSSR count). The average Bonchev–Trinajstić information content (AvgIpc) is 2.39. The van der Waals surface area contributed by atoms with Gasteiger partial charge in [-0.15, -0.1) is 0 Å². The van der Waals surface area contributed by atoms with Gasteiger partial charge >= 0.3 is 0 Å². The van der Waals surface area contributed by atoms with Crippen LogP contribution in [0.4, 0.5) is 0 Å². The van der Waals surface area contributed by atoms with Crippen molar-refractivity contribution < 1.29 is 0 Å². The zero-order valence-electron chi connectivity index (χ0n) is 11.3. The maximum Gasteiger partial charge on any atom is -0.0159 e. The molecular formula is C17H23N. The lowest BCUT2D eigenvalue weighted by Crippen LogP contribution is -2.06. The Morgan fingerprint density at radius 3 is 2.17 bits per heavy atom. The van der Waals surface area contributed by atoms with Crippen molar-refractivity contribution in [2.24, 2.45) is 0 Å². The van der Waals surface area contributed by atoms with E-state index in [9.17, 15) is 0 Å². The van der Waals surface area contributed by atoms with Gasteiger partial charge in [-0.05, 0) is 47.6 Å². The number of aryl methyl sites for hydroxylation is 1. The molecule has 1 heteroatoms. The van der Waals surface area contributed by atoms with Gasteiger partial charge in [0.25, 0.3) is 0 Å². The summed E-state index contributed by atoms with van der Waals surface area (Å²) in [5.74, 6) is 0.813. The fraction of sp³-hybridized carbons (Fsp3) is 0.412. The molecule has 1 nitrogen and oxygen atoms in total. The first-order chi connectivity index (χ1) is 8.34. The smallest absolute Gasteiger partial charge is 0.0159 e. The molecule has 0 heterocycles. The highest BCUT2D eigenvalue weighted by molar-refractivity contribution is 5.84. The number of rotatable bonds is 1. The molecule has 0 atom stereocenters. The Morgan fingerprint density at radius 1 is 0.889 bits per heavy atom. The maximum atomic E-state index is 2.43. The number of fused-ring (bicyclic) bond motifs is 1. The van der Waals surface area contributed by atoms with E-state index in [0.29, 0.717) is 0 Å². The summed E-state index contributed by atoms with van der Waals surface area (Å²) in [5, 5.41) is 2.78. The van der Waals surface area contributed by atoms with Crippen molar-refractivity contribution >= 4 is 10.8 Å². The molecule has 0 unspecified atom stereocenters. The van der Waals surface area contributed by atoms with E-state index in [1.165, 1.54) is 48.4 Å². The van der Waals surface area contributed by atoms with Crippen molar-refractivity contribution in [3.63, 3.8) is 0 Å². The van der Waals surface area contributed by atoms with Crippen molar-refractivity contribution in [1.29, 1.82) is 0 Å². The molecule has 2 aromatic carbocycles. The molecule has 0 aromatic heterocycles. The largest absolute Gasteiger partial charge is 0.344 e. The molecule has 18 heavy (non-hydrogen) atoms. The van der Waals surface area contributed by atoms with Crippen LogP contribution in [-0.2, 0) is 0 Å². The van der Waals surface area contributed by atoms with Crippen LogP contribution in [0, 0.1) is 6.92 Å². The summed E-state index contributed by atoms with van der Waals surface area (Å²) < 4.78 is 0. The Morgan fingerprint density at radius 2 is 1.50 bits per heavy atom. The summed E-state index contributed by atoms with van der Waals surface area (Å²) in [4.78, 5) is 0. The molecule has 0 amide bonds. The van der Waals surface area contributed by atoms with E-state index in [0.717, 1.165) is 5.92 Å². The second kappa shape index (κ2) is 5.53. The van der Waals surface area contributed by atoms with E-state index in [-0.39, 0.29) is 6.15 Å². The first kappa shape index (κ1) is 13.1. The second-order valence-electron chi connectivity index (χ2n) is 5.39. The Bertz CT molecular complexity index is 524. The van der Waals surface area contributed by atoms with Crippen molar-refractivity contribution in [2.75, 3.05) is 0 Å². The molecule has 1 aliphatic carbocycles. The molecule has 0 aliphatic heterocycles. The first-order valence-corrected chi connectivity index (χ1v) is 6.84. The van der Waals surface area contributed by atoms with Crippen molar-refractivity contribution in [2.45, 2.75) is 44.9 Å². The number of hydrogen-bond donors (Lipinski definition) is 1. The number of hydrogen-bond acceptors (Lipinski definition) is 1. The molecule has 0 saturated heterocycles. The van der Waals surface area contributed by atoms with Gasteiger partial charge in [0.1, 0.15) is 0 Å². The Labute approximate surface area is 110 Å². The van der Waals surface area contributed by atoms with Crippen LogP contribution in [0.5, 0.6) is 0 Å². The summed E-state index contributed by atoms with van der Waals surface area (Å²) in [6, 6.07) is 13.5. The summed E-state index contributed by atoms with van der Waals surface area (Å²) in [6.45, 7) is 2.27. The van der Waals surface area contributed by atoms with Gasteiger partial charge < -0.3 is 6.15 Å². The lowest BCUT2D eigenvalue weighted by atomic mass is 9.81. The van der Waals surface area contributed by atoms with Gasteiger partial charge in [-0.1, -0.05) is 55.7 Å². The van der Waals surface area contributed by atoms with Crippen LogP contribution >= 0.6 is 0 Å². The third-order valence-electron chi connectivity index (χ3n) is 4.18. The zero-order chi connectivity index (χ0) is 11.7.